The van der Waals surface area contributed by atoms with Crippen molar-refractivity contribution in [3.8, 4) is 5.75 Å². The van der Waals surface area contributed by atoms with Gasteiger partial charge in [-0.3, -0.25) is 9.05 Å². The second-order valence-electron chi connectivity index (χ2n) is 4.26. The van der Waals surface area contributed by atoms with Gasteiger partial charge in [-0.2, -0.15) is 13.2 Å². The van der Waals surface area contributed by atoms with Crippen molar-refractivity contribution in [3.05, 3.63) is 29.8 Å². The van der Waals surface area contributed by atoms with Crippen molar-refractivity contribution in [2.45, 2.75) is 13.1 Å². The van der Waals surface area contributed by atoms with E-state index >= 15 is 0 Å². The Kier molecular flexibility index (Phi) is 3.90. The van der Waals surface area contributed by atoms with E-state index in [4.69, 9.17) is 13.6 Å². The molecule has 0 radical (unpaired) electrons. The summed E-state index contributed by atoms with van der Waals surface area (Å²) in [6, 6.07) is 3.84. The molecule has 4 nitrogen and oxygen atoms in total. The van der Waals surface area contributed by atoms with Crippen molar-refractivity contribution in [2.75, 3.05) is 13.2 Å². The van der Waals surface area contributed by atoms with Gasteiger partial charge >= 0.3 is 14.0 Å². The Hall–Kier alpha value is -1.04. The summed E-state index contributed by atoms with van der Waals surface area (Å²) in [7, 11) is -3.71. The van der Waals surface area contributed by atoms with Crippen LogP contribution in [0.1, 0.15) is 12.5 Å². The van der Waals surface area contributed by atoms with E-state index in [0.29, 0.717) is 0 Å². The second-order valence-corrected chi connectivity index (χ2v) is 5.85. The first-order valence-corrected chi connectivity index (χ1v) is 7.00. The van der Waals surface area contributed by atoms with E-state index in [2.05, 4.69) is 0 Å². The van der Waals surface area contributed by atoms with Gasteiger partial charge < -0.3 is 4.52 Å². The van der Waals surface area contributed by atoms with Crippen LogP contribution in [0, 0.1) is 5.92 Å². The van der Waals surface area contributed by atoms with E-state index in [9.17, 15) is 17.7 Å². The Balaban J connectivity index is 2.06. The van der Waals surface area contributed by atoms with Crippen LogP contribution in [0.3, 0.4) is 0 Å². The molecule has 0 bridgehead atoms. The Morgan fingerprint density at radius 1 is 1.21 bits per heavy atom. The summed E-state index contributed by atoms with van der Waals surface area (Å²) in [5.74, 6) is 0.101. The number of benzene rings is 1. The molecule has 1 heterocycles. The molecule has 0 spiro atoms. The van der Waals surface area contributed by atoms with Crippen molar-refractivity contribution in [3.63, 3.8) is 0 Å². The molecule has 2 rings (SSSR count). The standard InChI is InChI=1S/C11H12F3O4P/c1-8-6-16-19(15,17-7-8)18-10-4-2-9(3-5-10)11(12,13)14/h2-5,8H,6-7H2,1H3. The lowest BCUT2D eigenvalue weighted by molar-refractivity contribution is -0.137. The summed E-state index contributed by atoms with van der Waals surface area (Å²) in [5, 5.41) is 0. The fraction of sp³-hybridized carbons (Fsp3) is 0.455. The van der Waals surface area contributed by atoms with Crippen LogP contribution in [0.25, 0.3) is 0 Å². The number of hydrogen-bond acceptors (Lipinski definition) is 4. The number of rotatable bonds is 2. The predicted molar refractivity (Wildman–Crippen MR) is 60.7 cm³/mol. The molecule has 0 amide bonds. The smallest absolute Gasteiger partial charge is 0.404 e. The third-order valence-corrected chi connectivity index (χ3v) is 3.80. The molecule has 0 aliphatic carbocycles. The molecule has 0 N–H and O–H groups in total. The highest BCUT2D eigenvalue weighted by Crippen LogP contribution is 2.52. The molecule has 8 heteroatoms. The number of alkyl halides is 3. The van der Waals surface area contributed by atoms with E-state index < -0.39 is 19.6 Å². The van der Waals surface area contributed by atoms with Gasteiger partial charge in [-0.15, -0.1) is 0 Å². The number of phosphoric acid groups is 1. The number of hydrogen-bond donors (Lipinski definition) is 0. The normalized spacial score (nSPS) is 28.1. The average Bonchev–Trinajstić information content (AvgIpc) is 2.33. The first-order valence-electron chi connectivity index (χ1n) is 5.54. The molecule has 0 aromatic heterocycles. The van der Waals surface area contributed by atoms with Crippen molar-refractivity contribution in [2.24, 2.45) is 5.92 Å². The second kappa shape index (κ2) is 5.15. The fourth-order valence-electron chi connectivity index (χ4n) is 1.41. The van der Waals surface area contributed by atoms with Crippen LogP contribution >= 0.6 is 7.82 Å². The molecular weight excluding hydrogens is 284 g/mol. The summed E-state index contributed by atoms with van der Waals surface area (Å²) in [5.41, 5.74) is -0.808. The highest BCUT2D eigenvalue weighted by molar-refractivity contribution is 7.49. The van der Waals surface area contributed by atoms with Crippen molar-refractivity contribution < 1.29 is 31.3 Å². The van der Waals surface area contributed by atoms with Gasteiger partial charge in [0.15, 0.2) is 0 Å². The van der Waals surface area contributed by atoms with E-state index in [1.54, 1.807) is 0 Å². The van der Waals surface area contributed by atoms with Crippen molar-refractivity contribution >= 4 is 7.82 Å². The zero-order chi connectivity index (χ0) is 14.1. The van der Waals surface area contributed by atoms with Gasteiger partial charge in [0.1, 0.15) is 5.75 Å². The minimum absolute atomic E-state index is 0.00545. The molecule has 0 atom stereocenters. The lowest BCUT2D eigenvalue weighted by Crippen LogP contribution is -2.20. The zero-order valence-electron chi connectivity index (χ0n) is 10.0. The first kappa shape index (κ1) is 14.4. The van der Waals surface area contributed by atoms with Crippen molar-refractivity contribution in [1.29, 1.82) is 0 Å². The molecule has 1 aliphatic rings. The summed E-state index contributed by atoms with van der Waals surface area (Å²) >= 11 is 0. The summed E-state index contributed by atoms with van der Waals surface area (Å²) in [4.78, 5) is 0. The SMILES string of the molecule is CC1COP(=O)(Oc2ccc(C(F)(F)F)cc2)OC1. The molecule has 0 saturated carbocycles. The van der Waals surface area contributed by atoms with Gasteiger partial charge in [-0.1, -0.05) is 6.92 Å². The highest BCUT2D eigenvalue weighted by atomic mass is 31.2. The third-order valence-electron chi connectivity index (χ3n) is 2.43. The molecule has 19 heavy (non-hydrogen) atoms. The van der Waals surface area contributed by atoms with Gasteiger partial charge in [0, 0.05) is 5.92 Å². The maximum absolute atomic E-state index is 12.4. The van der Waals surface area contributed by atoms with E-state index in [1.165, 1.54) is 0 Å². The minimum Gasteiger partial charge on any atom is -0.404 e. The van der Waals surface area contributed by atoms with Gasteiger partial charge in [0.05, 0.1) is 18.8 Å². The maximum Gasteiger partial charge on any atom is 0.530 e. The molecule has 106 valence electrons. The van der Waals surface area contributed by atoms with E-state index in [1.807, 2.05) is 6.92 Å². The van der Waals surface area contributed by atoms with Gasteiger partial charge in [-0.25, -0.2) is 4.57 Å². The lowest BCUT2D eigenvalue weighted by Gasteiger charge is -2.26. The Morgan fingerprint density at radius 3 is 2.21 bits per heavy atom. The topological polar surface area (TPSA) is 44.8 Å². The first-order chi connectivity index (χ1) is 8.78. The monoisotopic (exact) mass is 296 g/mol. The van der Waals surface area contributed by atoms with Crippen LogP contribution in [0.15, 0.2) is 24.3 Å². The molecule has 1 fully saturated rings. The van der Waals surface area contributed by atoms with Crippen molar-refractivity contribution in [1.82, 2.24) is 0 Å². The van der Waals surface area contributed by atoms with Crippen LogP contribution in [0.5, 0.6) is 5.75 Å². The molecule has 1 aromatic rings. The fourth-order valence-corrected chi connectivity index (χ4v) is 2.84. The van der Waals surface area contributed by atoms with Gasteiger partial charge in [0.25, 0.3) is 0 Å². The predicted octanol–water partition coefficient (Wildman–Crippen LogP) is 3.88. The maximum atomic E-state index is 12.4. The Bertz CT molecular complexity index is 474. The van der Waals surface area contributed by atoms with Crippen LogP contribution in [-0.2, 0) is 19.8 Å². The molecule has 0 unspecified atom stereocenters. The largest absolute Gasteiger partial charge is 0.530 e. The number of halogens is 3. The molecule has 1 aromatic carbocycles. The lowest BCUT2D eigenvalue weighted by atomic mass is 10.2. The quantitative estimate of drug-likeness (QED) is 0.777. The highest BCUT2D eigenvalue weighted by Gasteiger charge is 2.35. The summed E-state index contributed by atoms with van der Waals surface area (Å²) < 4.78 is 63.9. The zero-order valence-corrected chi connectivity index (χ0v) is 10.9. The minimum atomic E-state index is -4.42. The molecule has 1 aliphatic heterocycles. The van der Waals surface area contributed by atoms with E-state index in [0.717, 1.165) is 24.3 Å². The van der Waals surface area contributed by atoms with E-state index in [-0.39, 0.29) is 24.9 Å². The van der Waals surface area contributed by atoms with Crippen LogP contribution < -0.4 is 4.52 Å². The number of phosphoric ester groups is 1. The van der Waals surface area contributed by atoms with Gasteiger partial charge in [-0.05, 0) is 24.3 Å². The average molecular weight is 296 g/mol. The summed E-state index contributed by atoms with van der Waals surface area (Å²) in [6.45, 7) is 2.29. The third kappa shape index (κ3) is 3.72. The van der Waals surface area contributed by atoms with Crippen LogP contribution in [-0.4, -0.2) is 13.2 Å². The van der Waals surface area contributed by atoms with Gasteiger partial charge in [0.2, 0.25) is 0 Å². The van der Waals surface area contributed by atoms with Crippen LogP contribution in [0.4, 0.5) is 13.2 Å². The molecular formula is C11H12F3O4P. The van der Waals surface area contributed by atoms with Crippen LogP contribution in [0.2, 0.25) is 0 Å². The summed E-state index contributed by atoms with van der Waals surface area (Å²) in [6.07, 6.45) is -4.42. The Morgan fingerprint density at radius 2 is 1.74 bits per heavy atom. The molecule has 1 saturated heterocycles. The Labute approximate surface area is 108 Å².